The molecule has 0 unspecified atom stereocenters. The van der Waals surface area contributed by atoms with Crippen LogP contribution in [-0.2, 0) is 0 Å². The van der Waals surface area contributed by atoms with Gasteiger partial charge >= 0.3 is 0 Å². The average molecular weight is 238 g/mol. The fourth-order valence-corrected chi connectivity index (χ4v) is 1.44. The van der Waals surface area contributed by atoms with Crippen molar-refractivity contribution in [2.75, 3.05) is 5.73 Å². The summed E-state index contributed by atoms with van der Waals surface area (Å²) in [6.45, 7) is 0. The highest BCUT2D eigenvalue weighted by Crippen LogP contribution is 2.19. The van der Waals surface area contributed by atoms with E-state index < -0.39 is 5.91 Å². The number of halogens is 1. The lowest BCUT2D eigenvalue weighted by Crippen LogP contribution is -2.09. The molecule has 7 heteroatoms. The third kappa shape index (κ3) is 1.82. The summed E-state index contributed by atoms with van der Waals surface area (Å²) in [5.74, 6) is -0.166. The minimum Gasteiger partial charge on any atom is -0.397 e. The molecule has 0 aromatic carbocycles. The van der Waals surface area contributed by atoms with E-state index in [1.807, 2.05) is 0 Å². The summed E-state index contributed by atoms with van der Waals surface area (Å²) < 4.78 is 1.36. The molecule has 0 aliphatic rings. The monoisotopic (exact) mass is 237 g/mol. The molecule has 1 amide bonds. The normalized spacial score (nSPS) is 10.3. The lowest BCUT2D eigenvalue weighted by Gasteiger charge is -2.02. The van der Waals surface area contributed by atoms with Crippen molar-refractivity contribution in [1.29, 1.82) is 0 Å². The molecule has 0 aliphatic heterocycles. The van der Waals surface area contributed by atoms with Crippen LogP contribution in [-0.4, -0.2) is 20.7 Å². The maximum absolute atomic E-state index is 10.9. The molecule has 2 aromatic heterocycles. The predicted octanol–water partition coefficient (Wildman–Crippen LogP) is 0.602. The van der Waals surface area contributed by atoms with Gasteiger partial charge in [0.1, 0.15) is 0 Å². The van der Waals surface area contributed by atoms with Crippen molar-refractivity contribution in [2.24, 2.45) is 5.73 Å². The summed E-state index contributed by atoms with van der Waals surface area (Å²) in [6, 6.07) is 1.55. The summed E-state index contributed by atoms with van der Waals surface area (Å²) in [5.41, 5.74) is 11.4. The highest BCUT2D eigenvalue weighted by Gasteiger charge is 2.09. The smallest absolute Gasteiger partial charge is 0.251 e. The van der Waals surface area contributed by atoms with E-state index in [1.54, 1.807) is 6.07 Å². The SMILES string of the molecule is NC(=O)c1cnn(-c2ncc(N)cc2Cl)c1. The number of aromatic nitrogens is 3. The van der Waals surface area contributed by atoms with E-state index in [4.69, 9.17) is 23.1 Å². The van der Waals surface area contributed by atoms with Gasteiger partial charge in [-0.05, 0) is 6.07 Å². The van der Waals surface area contributed by atoms with Crippen LogP contribution in [0.25, 0.3) is 5.82 Å². The Labute approximate surface area is 95.8 Å². The van der Waals surface area contributed by atoms with Crippen LogP contribution in [0.4, 0.5) is 5.69 Å². The highest BCUT2D eigenvalue weighted by atomic mass is 35.5. The largest absolute Gasteiger partial charge is 0.397 e. The van der Waals surface area contributed by atoms with E-state index in [0.29, 0.717) is 16.5 Å². The fraction of sp³-hybridized carbons (Fsp3) is 0. The molecule has 0 atom stereocenters. The van der Waals surface area contributed by atoms with Crippen LogP contribution in [0.3, 0.4) is 0 Å². The predicted molar refractivity (Wildman–Crippen MR) is 59.3 cm³/mol. The molecule has 0 radical (unpaired) electrons. The van der Waals surface area contributed by atoms with Crippen molar-refractivity contribution in [3.63, 3.8) is 0 Å². The number of primary amides is 1. The molecule has 6 nitrogen and oxygen atoms in total. The van der Waals surface area contributed by atoms with Crippen molar-refractivity contribution in [3.05, 3.63) is 35.2 Å². The summed E-state index contributed by atoms with van der Waals surface area (Å²) >= 11 is 5.93. The molecule has 0 saturated carbocycles. The van der Waals surface area contributed by atoms with Gasteiger partial charge in [0, 0.05) is 6.20 Å². The first-order valence-electron chi connectivity index (χ1n) is 4.34. The Morgan fingerprint density at radius 1 is 1.44 bits per heavy atom. The summed E-state index contributed by atoms with van der Waals surface area (Å²) in [5, 5.41) is 4.27. The van der Waals surface area contributed by atoms with E-state index in [0.717, 1.165) is 0 Å². The summed E-state index contributed by atoms with van der Waals surface area (Å²) in [7, 11) is 0. The van der Waals surface area contributed by atoms with Crippen LogP contribution in [0.1, 0.15) is 10.4 Å². The third-order valence-electron chi connectivity index (χ3n) is 1.93. The standard InChI is InChI=1S/C9H8ClN5O/c10-7-1-6(11)3-13-9(7)15-4-5(2-14-15)8(12)16/h1-4H,11H2,(H2,12,16). The van der Waals surface area contributed by atoms with Gasteiger partial charge in [0.05, 0.1) is 28.7 Å². The molecule has 16 heavy (non-hydrogen) atoms. The number of rotatable bonds is 2. The Kier molecular flexibility index (Phi) is 2.49. The van der Waals surface area contributed by atoms with Gasteiger partial charge in [-0.2, -0.15) is 5.10 Å². The number of anilines is 1. The van der Waals surface area contributed by atoms with Crippen LogP contribution in [0.5, 0.6) is 0 Å². The molecule has 2 heterocycles. The van der Waals surface area contributed by atoms with E-state index in [1.165, 1.54) is 23.3 Å². The van der Waals surface area contributed by atoms with E-state index in [9.17, 15) is 4.79 Å². The van der Waals surface area contributed by atoms with Crippen LogP contribution in [0.15, 0.2) is 24.7 Å². The Morgan fingerprint density at radius 3 is 2.75 bits per heavy atom. The number of hydrogen-bond donors (Lipinski definition) is 2. The lowest BCUT2D eigenvalue weighted by molar-refractivity contribution is 0.100. The van der Waals surface area contributed by atoms with Crippen molar-refractivity contribution in [2.45, 2.75) is 0 Å². The molecule has 2 rings (SSSR count). The zero-order valence-electron chi connectivity index (χ0n) is 8.09. The molecular weight excluding hydrogens is 230 g/mol. The van der Waals surface area contributed by atoms with Crippen LogP contribution in [0.2, 0.25) is 5.02 Å². The van der Waals surface area contributed by atoms with Gasteiger partial charge in [-0.15, -0.1) is 0 Å². The van der Waals surface area contributed by atoms with E-state index in [-0.39, 0.29) is 5.56 Å². The number of hydrogen-bond acceptors (Lipinski definition) is 4. The maximum Gasteiger partial charge on any atom is 0.251 e. The quantitative estimate of drug-likeness (QED) is 0.799. The molecule has 4 N–H and O–H groups in total. The molecule has 0 fully saturated rings. The second-order valence-electron chi connectivity index (χ2n) is 3.11. The molecule has 82 valence electrons. The lowest BCUT2D eigenvalue weighted by atomic mass is 10.3. The number of pyridine rings is 1. The van der Waals surface area contributed by atoms with Crippen molar-refractivity contribution >= 4 is 23.2 Å². The maximum atomic E-state index is 10.9. The van der Waals surface area contributed by atoms with Crippen molar-refractivity contribution < 1.29 is 4.79 Å². The van der Waals surface area contributed by atoms with Gasteiger partial charge in [-0.3, -0.25) is 4.79 Å². The molecule has 0 saturated heterocycles. The first-order chi connectivity index (χ1) is 7.58. The van der Waals surface area contributed by atoms with E-state index in [2.05, 4.69) is 10.1 Å². The first-order valence-corrected chi connectivity index (χ1v) is 4.71. The van der Waals surface area contributed by atoms with Gasteiger partial charge in [0.15, 0.2) is 5.82 Å². The number of nitrogens with two attached hydrogens (primary N) is 2. The molecular formula is C9H8ClN5O. The molecule has 0 spiro atoms. The van der Waals surface area contributed by atoms with Crippen LogP contribution >= 0.6 is 11.6 Å². The number of amides is 1. The molecule has 2 aromatic rings. The minimum absolute atomic E-state index is 0.287. The van der Waals surface area contributed by atoms with Gasteiger partial charge in [0.25, 0.3) is 5.91 Å². The van der Waals surface area contributed by atoms with Crippen LogP contribution in [0, 0.1) is 0 Å². The second kappa shape index (κ2) is 3.82. The molecule has 0 aliphatic carbocycles. The number of nitrogen functional groups attached to an aromatic ring is 1. The minimum atomic E-state index is -0.558. The van der Waals surface area contributed by atoms with Crippen molar-refractivity contribution in [1.82, 2.24) is 14.8 Å². The fourth-order valence-electron chi connectivity index (χ4n) is 1.18. The Balaban J connectivity index is 2.46. The molecule has 0 bridgehead atoms. The van der Waals surface area contributed by atoms with Gasteiger partial charge in [-0.1, -0.05) is 11.6 Å². The second-order valence-corrected chi connectivity index (χ2v) is 3.52. The van der Waals surface area contributed by atoms with Crippen molar-refractivity contribution in [3.8, 4) is 5.82 Å². The average Bonchev–Trinajstić information content (AvgIpc) is 2.66. The number of carbonyl (C=O) groups is 1. The highest BCUT2D eigenvalue weighted by molar-refractivity contribution is 6.32. The third-order valence-corrected chi connectivity index (χ3v) is 2.21. The number of nitrogens with zero attached hydrogens (tertiary/aromatic N) is 3. The van der Waals surface area contributed by atoms with Gasteiger partial charge in [0.2, 0.25) is 0 Å². The van der Waals surface area contributed by atoms with Gasteiger partial charge < -0.3 is 11.5 Å². The Bertz CT molecular complexity index is 551. The number of carbonyl (C=O) groups excluding carboxylic acids is 1. The van der Waals surface area contributed by atoms with E-state index >= 15 is 0 Å². The summed E-state index contributed by atoms with van der Waals surface area (Å²) in [6.07, 6.45) is 4.25. The zero-order valence-corrected chi connectivity index (χ0v) is 8.85. The van der Waals surface area contributed by atoms with Crippen LogP contribution < -0.4 is 11.5 Å². The topological polar surface area (TPSA) is 99.8 Å². The zero-order chi connectivity index (χ0) is 11.7. The Morgan fingerprint density at radius 2 is 2.19 bits per heavy atom. The van der Waals surface area contributed by atoms with Gasteiger partial charge in [-0.25, -0.2) is 9.67 Å². The summed E-state index contributed by atoms with van der Waals surface area (Å²) in [4.78, 5) is 14.9. The first kappa shape index (κ1) is 10.4. The Hall–Kier alpha value is -2.08.